The number of carbonyl (C=O) groups is 2. The van der Waals surface area contributed by atoms with Crippen molar-refractivity contribution >= 4 is 23.2 Å². The van der Waals surface area contributed by atoms with Gasteiger partial charge < -0.3 is 20.4 Å². The Morgan fingerprint density at radius 2 is 1.97 bits per heavy atom. The zero-order valence-corrected chi connectivity index (χ0v) is 20.2. The highest BCUT2D eigenvalue weighted by molar-refractivity contribution is 7.09. The van der Waals surface area contributed by atoms with Crippen LogP contribution in [0.4, 0.5) is 4.39 Å². The topological polar surface area (TPSA) is 103 Å². The average molecular weight is 498 g/mol. The Morgan fingerprint density at radius 3 is 2.74 bits per heavy atom. The summed E-state index contributed by atoms with van der Waals surface area (Å²) in [7, 11) is 0. The van der Waals surface area contributed by atoms with Gasteiger partial charge in [0.15, 0.2) is 12.2 Å². The third-order valence-corrected chi connectivity index (χ3v) is 7.13. The summed E-state index contributed by atoms with van der Waals surface area (Å²) in [6.45, 7) is 2.40. The van der Waals surface area contributed by atoms with Crippen LogP contribution < -0.4 is 5.32 Å². The van der Waals surface area contributed by atoms with Crippen molar-refractivity contribution in [3.05, 3.63) is 87.1 Å². The van der Waals surface area contributed by atoms with E-state index in [-0.39, 0.29) is 18.4 Å². The molecule has 3 aromatic rings. The molecule has 3 atom stereocenters. The zero-order chi connectivity index (χ0) is 24.9. The van der Waals surface area contributed by atoms with Crippen molar-refractivity contribution < 1.29 is 24.2 Å². The third-order valence-electron chi connectivity index (χ3n) is 6.24. The molecule has 1 aliphatic heterocycles. The minimum atomic E-state index is -1.89. The van der Waals surface area contributed by atoms with Gasteiger partial charge in [0.1, 0.15) is 10.8 Å². The molecule has 1 fully saturated rings. The molecule has 1 saturated heterocycles. The first kappa shape index (κ1) is 25.0. The predicted molar refractivity (Wildman–Crippen MR) is 130 cm³/mol. The van der Waals surface area contributed by atoms with E-state index in [1.165, 1.54) is 28.4 Å². The second kappa shape index (κ2) is 11.1. The molecule has 2 heterocycles. The van der Waals surface area contributed by atoms with E-state index in [1.54, 1.807) is 6.07 Å². The van der Waals surface area contributed by atoms with E-state index in [4.69, 9.17) is 0 Å². The number of thiazole rings is 1. The SMILES string of the molecule is Cc1ccc(F)cc1Cc1csc(CNC(=O)C(O)[C@@H](O)C(=O)N2CCCC2c2ccccc2)n1. The number of aryl methyl sites for hydroxylation is 1. The van der Waals surface area contributed by atoms with E-state index >= 15 is 0 Å². The summed E-state index contributed by atoms with van der Waals surface area (Å²) in [6.07, 6.45) is -1.76. The Morgan fingerprint density at radius 1 is 1.20 bits per heavy atom. The zero-order valence-electron chi connectivity index (χ0n) is 19.4. The molecular weight excluding hydrogens is 469 g/mol. The number of hydrogen-bond acceptors (Lipinski definition) is 6. The summed E-state index contributed by atoms with van der Waals surface area (Å²) < 4.78 is 13.5. The molecule has 2 amide bonds. The van der Waals surface area contributed by atoms with Gasteiger partial charge in [-0.05, 0) is 48.6 Å². The monoisotopic (exact) mass is 497 g/mol. The number of amides is 2. The normalized spacial score (nSPS) is 17.3. The van der Waals surface area contributed by atoms with Crippen LogP contribution in [-0.4, -0.2) is 50.7 Å². The first-order valence-electron chi connectivity index (χ1n) is 11.5. The third kappa shape index (κ3) is 5.93. The standard InChI is InChI=1S/C26H28FN3O4S/c1-16-9-10-19(27)12-18(16)13-20-15-35-22(29-20)14-28-25(33)23(31)24(32)26(34)30-11-5-8-21(30)17-6-3-2-4-7-17/h2-4,6-7,9-10,12,15,21,23-24,31-32H,5,8,11,13-14H2,1H3,(H,28,33)/t21?,23?,24-/m1/s1. The number of nitrogens with zero attached hydrogens (tertiary/aromatic N) is 2. The highest BCUT2D eigenvalue weighted by Crippen LogP contribution is 2.32. The molecule has 9 heteroatoms. The smallest absolute Gasteiger partial charge is 0.255 e. The van der Waals surface area contributed by atoms with Gasteiger partial charge in [0.2, 0.25) is 0 Å². The fourth-order valence-electron chi connectivity index (χ4n) is 4.30. The number of aliphatic hydroxyl groups is 2. The van der Waals surface area contributed by atoms with Gasteiger partial charge in [-0.1, -0.05) is 36.4 Å². The van der Waals surface area contributed by atoms with Crippen LogP contribution in [-0.2, 0) is 22.6 Å². The number of hydrogen-bond donors (Lipinski definition) is 3. The van der Waals surface area contributed by atoms with E-state index in [0.717, 1.165) is 35.2 Å². The van der Waals surface area contributed by atoms with Crippen LogP contribution in [0.3, 0.4) is 0 Å². The van der Waals surface area contributed by atoms with Gasteiger partial charge in [-0.2, -0.15) is 0 Å². The lowest BCUT2D eigenvalue weighted by Crippen LogP contribution is -2.50. The molecule has 184 valence electrons. The first-order chi connectivity index (χ1) is 16.8. The van der Waals surface area contributed by atoms with Gasteiger partial charge >= 0.3 is 0 Å². The van der Waals surface area contributed by atoms with Crippen LogP contribution in [0.1, 0.15) is 46.3 Å². The maximum Gasteiger partial charge on any atom is 0.255 e. The van der Waals surface area contributed by atoms with Crippen LogP contribution in [0.15, 0.2) is 53.9 Å². The number of halogens is 1. The molecule has 3 N–H and O–H groups in total. The molecule has 35 heavy (non-hydrogen) atoms. The van der Waals surface area contributed by atoms with E-state index in [2.05, 4.69) is 10.3 Å². The Kier molecular flexibility index (Phi) is 7.90. The Balaban J connectivity index is 1.32. The van der Waals surface area contributed by atoms with Crippen LogP contribution in [0.25, 0.3) is 0 Å². The lowest BCUT2D eigenvalue weighted by atomic mass is 10.0. The van der Waals surface area contributed by atoms with Gasteiger partial charge in [0, 0.05) is 18.3 Å². The minimum Gasteiger partial charge on any atom is -0.380 e. The molecule has 0 bridgehead atoms. The number of nitrogens with one attached hydrogen (secondary N) is 1. The van der Waals surface area contributed by atoms with E-state index in [1.807, 2.05) is 42.6 Å². The lowest BCUT2D eigenvalue weighted by molar-refractivity contribution is -0.153. The van der Waals surface area contributed by atoms with Crippen molar-refractivity contribution in [3.63, 3.8) is 0 Å². The van der Waals surface area contributed by atoms with Crippen molar-refractivity contribution in [2.75, 3.05) is 6.54 Å². The minimum absolute atomic E-state index is 0.0416. The molecule has 0 radical (unpaired) electrons. The van der Waals surface area contributed by atoms with Gasteiger partial charge in [0.25, 0.3) is 11.8 Å². The number of likely N-dealkylation sites (tertiary alicyclic amines) is 1. The number of benzene rings is 2. The molecule has 0 aliphatic carbocycles. The fourth-order valence-corrected chi connectivity index (χ4v) is 5.04. The van der Waals surface area contributed by atoms with E-state index in [9.17, 15) is 24.2 Å². The maximum atomic E-state index is 13.5. The predicted octanol–water partition coefficient (Wildman–Crippen LogP) is 2.88. The van der Waals surface area contributed by atoms with Crippen LogP contribution >= 0.6 is 11.3 Å². The van der Waals surface area contributed by atoms with Crippen molar-refractivity contribution in [1.29, 1.82) is 0 Å². The summed E-state index contributed by atoms with van der Waals surface area (Å²) in [5, 5.41) is 25.8. The van der Waals surface area contributed by atoms with Gasteiger partial charge in [-0.15, -0.1) is 11.3 Å². The van der Waals surface area contributed by atoms with Gasteiger partial charge in [-0.25, -0.2) is 9.37 Å². The Hall–Kier alpha value is -3.14. The number of rotatable bonds is 8. The first-order valence-corrected chi connectivity index (χ1v) is 12.4. The van der Waals surface area contributed by atoms with Crippen LogP contribution in [0.5, 0.6) is 0 Å². The molecule has 4 rings (SSSR count). The van der Waals surface area contributed by atoms with Crippen molar-refractivity contribution in [3.8, 4) is 0 Å². The largest absolute Gasteiger partial charge is 0.380 e. The van der Waals surface area contributed by atoms with E-state index < -0.39 is 24.0 Å². The average Bonchev–Trinajstić information content (AvgIpc) is 3.54. The Labute approximate surface area is 207 Å². The number of carbonyl (C=O) groups excluding carboxylic acids is 2. The molecule has 1 aromatic heterocycles. The molecule has 2 unspecified atom stereocenters. The summed E-state index contributed by atoms with van der Waals surface area (Å²) in [5.41, 5.74) is 3.49. The maximum absolute atomic E-state index is 13.5. The van der Waals surface area contributed by atoms with Gasteiger partial charge in [0.05, 0.1) is 18.3 Å². The lowest BCUT2D eigenvalue weighted by Gasteiger charge is -2.28. The summed E-state index contributed by atoms with van der Waals surface area (Å²) in [5.74, 6) is -1.82. The quantitative estimate of drug-likeness (QED) is 0.444. The van der Waals surface area contributed by atoms with Crippen LogP contribution in [0, 0.1) is 12.7 Å². The summed E-state index contributed by atoms with van der Waals surface area (Å²) in [4.78, 5) is 31.3. The second-order valence-electron chi connectivity index (χ2n) is 8.69. The number of aromatic nitrogens is 1. The summed E-state index contributed by atoms with van der Waals surface area (Å²) >= 11 is 1.33. The van der Waals surface area contributed by atoms with Gasteiger partial charge in [-0.3, -0.25) is 9.59 Å². The van der Waals surface area contributed by atoms with Crippen molar-refractivity contribution in [2.45, 2.75) is 51.0 Å². The molecule has 7 nitrogen and oxygen atoms in total. The highest BCUT2D eigenvalue weighted by Gasteiger charge is 2.38. The molecule has 1 aliphatic rings. The highest BCUT2D eigenvalue weighted by atomic mass is 32.1. The fraction of sp³-hybridized carbons (Fsp3) is 0.346. The molecule has 0 spiro atoms. The van der Waals surface area contributed by atoms with E-state index in [0.29, 0.717) is 18.0 Å². The molecule has 2 aromatic carbocycles. The molecule has 0 saturated carbocycles. The van der Waals surface area contributed by atoms with Crippen LogP contribution in [0.2, 0.25) is 0 Å². The molecular formula is C26H28FN3O4S. The number of aliphatic hydroxyl groups excluding tert-OH is 2. The van der Waals surface area contributed by atoms with Crippen molar-refractivity contribution in [1.82, 2.24) is 15.2 Å². The van der Waals surface area contributed by atoms with Crippen molar-refractivity contribution in [2.24, 2.45) is 0 Å². The second-order valence-corrected chi connectivity index (χ2v) is 9.63. The summed E-state index contributed by atoms with van der Waals surface area (Å²) in [6, 6.07) is 13.9. The Bertz CT molecular complexity index is 1190.